The molecule has 0 fully saturated rings. The third-order valence-electron chi connectivity index (χ3n) is 3.80. The number of carbonyl (C=O) groups is 1. The number of H-pyrrole nitrogens is 1. The Kier molecular flexibility index (Phi) is 3.81. The van der Waals surface area contributed by atoms with Crippen LogP contribution in [0.1, 0.15) is 0 Å². The molecule has 0 spiro atoms. The fraction of sp³-hybridized carbons (Fsp3) is 0.118. The van der Waals surface area contributed by atoms with E-state index < -0.39 is 5.97 Å². The third-order valence-corrected chi connectivity index (χ3v) is 4.63. The van der Waals surface area contributed by atoms with Gasteiger partial charge in [-0.1, -0.05) is 23.9 Å². The fourth-order valence-electron chi connectivity index (χ4n) is 2.58. The quantitative estimate of drug-likeness (QED) is 0.533. The largest absolute Gasteiger partial charge is 0.481 e. The second-order valence-corrected chi connectivity index (χ2v) is 6.46. The Morgan fingerprint density at radius 3 is 2.96 bits per heavy atom. The van der Waals surface area contributed by atoms with Gasteiger partial charge in [0, 0.05) is 24.3 Å². The average Bonchev–Trinajstić information content (AvgIpc) is 3.32. The molecule has 0 atom stereocenters. The summed E-state index contributed by atoms with van der Waals surface area (Å²) in [7, 11) is 2.00. The maximum absolute atomic E-state index is 10.6. The summed E-state index contributed by atoms with van der Waals surface area (Å²) in [5, 5.41) is 17.0. The van der Waals surface area contributed by atoms with E-state index in [4.69, 9.17) is 9.52 Å². The molecular formula is C17H14N4O3S. The average molecular weight is 354 g/mol. The molecule has 0 saturated heterocycles. The van der Waals surface area contributed by atoms with Gasteiger partial charge < -0.3 is 14.1 Å². The number of rotatable bonds is 5. The number of hydrogen-bond acceptors (Lipinski definition) is 5. The van der Waals surface area contributed by atoms with Gasteiger partial charge in [0.25, 0.3) is 0 Å². The number of fused-ring (bicyclic) bond motifs is 1. The number of nitrogens with one attached hydrogen (secondary N) is 1. The number of aryl methyl sites for hydroxylation is 1. The molecule has 25 heavy (non-hydrogen) atoms. The second-order valence-electron chi connectivity index (χ2n) is 5.51. The molecule has 0 amide bonds. The molecule has 1 aromatic carbocycles. The first kappa shape index (κ1) is 15.5. The summed E-state index contributed by atoms with van der Waals surface area (Å²) in [6.07, 6.45) is 2.02. The molecule has 0 aliphatic carbocycles. The van der Waals surface area contributed by atoms with Gasteiger partial charge in [-0.25, -0.2) is 0 Å². The van der Waals surface area contributed by atoms with Crippen molar-refractivity contribution in [2.75, 3.05) is 5.75 Å². The summed E-state index contributed by atoms with van der Waals surface area (Å²) in [5.74, 6) is 0.759. The highest BCUT2D eigenvalue weighted by Gasteiger charge is 2.13. The Labute approximate surface area is 146 Å². The molecule has 8 heteroatoms. The fourth-order valence-corrected chi connectivity index (χ4v) is 3.10. The van der Waals surface area contributed by atoms with E-state index >= 15 is 0 Å². The summed E-state index contributed by atoms with van der Waals surface area (Å²) in [5.41, 5.74) is 2.10. The molecule has 0 aliphatic heterocycles. The van der Waals surface area contributed by atoms with Crippen LogP contribution >= 0.6 is 11.8 Å². The van der Waals surface area contributed by atoms with E-state index in [0.717, 1.165) is 28.6 Å². The Morgan fingerprint density at radius 1 is 1.28 bits per heavy atom. The number of aliphatic carboxylic acids is 1. The van der Waals surface area contributed by atoms with Crippen LogP contribution in [0.2, 0.25) is 0 Å². The molecule has 7 nitrogen and oxygen atoms in total. The number of aromatic nitrogens is 4. The SMILES string of the molecule is Cn1ccc2ccc(-c3ccc(-c4nc(SCC(=O)O)n[nH]4)o3)cc21. The first-order valence-corrected chi connectivity index (χ1v) is 8.51. The molecule has 0 aliphatic rings. The van der Waals surface area contributed by atoms with Crippen LogP contribution in [0.3, 0.4) is 0 Å². The summed E-state index contributed by atoms with van der Waals surface area (Å²) in [6.45, 7) is 0. The monoisotopic (exact) mass is 354 g/mol. The van der Waals surface area contributed by atoms with E-state index in [1.165, 1.54) is 5.39 Å². The molecule has 0 bridgehead atoms. The Balaban J connectivity index is 1.60. The lowest BCUT2D eigenvalue weighted by Crippen LogP contribution is -1.97. The number of thioether (sulfide) groups is 1. The Bertz CT molecular complexity index is 1060. The molecule has 3 aromatic heterocycles. The molecule has 2 N–H and O–H groups in total. The van der Waals surface area contributed by atoms with Crippen molar-refractivity contribution in [3.05, 3.63) is 42.6 Å². The smallest absolute Gasteiger partial charge is 0.313 e. The van der Waals surface area contributed by atoms with E-state index in [-0.39, 0.29) is 5.75 Å². The normalized spacial score (nSPS) is 11.2. The van der Waals surface area contributed by atoms with Gasteiger partial charge in [-0.2, -0.15) is 4.98 Å². The number of benzene rings is 1. The maximum Gasteiger partial charge on any atom is 0.313 e. The molecule has 126 valence electrons. The first-order chi connectivity index (χ1) is 12.1. The zero-order valence-electron chi connectivity index (χ0n) is 13.3. The van der Waals surface area contributed by atoms with Gasteiger partial charge in [0.2, 0.25) is 5.16 Å². The highest BCUT2D eigenvalue weighted by Crippen LogP contribution is 2.29. The molecule has 3 heterocycles. The topological polar surface area (TPSA) is 96.9 Å². The summed E-state index contributed by atoms with van der Waals surface area (Å²) in [6, 6.07) is 11.9. The molecule has 0 saturated carbocycles. The van der Waals surface area contributed by atoms with Gasteiger partial charge in [0.1, 0.15) is 5.76 Å². The van der Waals surface area contributed by atoms with Gasteiger partial charge in [0.05, 0.1) is 5.75 Å². The van der Waals surface area contributed by atoms with Crippen molar-refractivity contribution in [2.45, 2.75) is 5.16 Å². The number of furan rings is 1. The van der Waals surface area contributed by atoms with Crippen LogP contribution in [-0.2, 0) is 11.8 Å². The summed E-state index contributed by atoms with van der Waals surface area (Å²) >= 11 is 1.05. The van der Waals surface area contributed by atoms with Crippen LogP contribution in [-0.4, -0.2) is 36.6 Å². The minimum Gasteiger partial charge on any atom is -0.481 e. The summed E-state index contributed by atoms with van der Waals surface area (Å²) in [4.78, 5) is 14.9. The Morgan fingerprint density at radius 2 is 2.12 bits per heavy atom. The van der Waals surface area contributed by atoms with Crippen LogP contribution in [0.25, 0.3) is 33.8 Å². The molecule has 0 unspecified atom stereocenters. The van der Waals surface area contributed by atoms with E-state index in [2.05, 4.69) is 37.9 Å². The van der Waals surface area contributed by atoms with Gasteiger partial charge in [-0.3, -0.25) is 9.89 Å². The molecular weight excluding hydrogens is 340 g/mol. The van der Waals surface area contributed by atoms with Crippen LogP contribution in [0.4, 0.5) is 0 Å². The number of nitrogens with zero attached hydrogens (tertiary/aromatic N) is 3. The van der Waals surface area contributed by atoms with Crippen molar-refractivity contribution >= 4 is 28.6 Å². The van der Waals surface area contributed by atoms with Crippen LogP contribution in [0.15, 0.2) is 52.2 Å². The number of aromatic amines is 1. The van der Waals surface area contributed by atoms with Crippen molar-refractivity contribution in [3.63, 3.8) is 0 Å². The van der Waals surface area contributed by atoms with E-state index in [9.17, 15) is 4.79 Å². The van der Waals surface area contributed by atoms with Crippen LogP contribution < -0.4 is 0 Å². The number of hydrogen-bond donors (Lipinski definition) is 2. The van der Waals surface area contributed by atoms with Gasteiger partial charge in [0.15, 0.2) is 11.6 Å². The lowest BCUT2D eigenvalue weighted by Gasteiger charge is -2.00. The molecule has 4 rings (SSSR count). The van der Waals surface area contributed by atoms with Gasteiger partial charge >= 0.3 is 5.97 Å². The summed E-state index contributed by atoms with van der Waals surface area (Å²) < 4.78 is 7.95. The molecule has 0 radical (unpaired) electrons. The minimum absolute atomic E-state index is 0.0859. The van der Waals surface area contributed by atoms with Crippen molar-refractivity contribution in [3.8, 4) is 22.9 Å². The van der Waals surface area contributed by atoms with Crippen molar-refractivity contribution in [1.29, 1.82) is 0 Å². The Hall–Kier alpha value is -3.00. The van der Waals surface area contributed by atoms with Crippen molar-refractivity contribution in [2.24, 2.45) is 7.05 Å². The zero-order chi connectivity index (χ0) is 17.4. The van der Waals surface area contributed by atoms with Crippen LogP contribution in [0, 0.1) is 0 Å². The highest BCUT2D eigenvalue weighted by molar-refractivity contribution is 7.99. The molecule has 4 aromatic rings. The van der Waals surface area contributed by atoms with E-state index in [0.29, 0.717) is 16.7 Å². The zero-order valence-corrected chi connectivity index (χ0v) is 14.1. The lowest BCUT2D eigenvalue weighted by atomic mass is 10.1. The minimum atomic E-state index is -0.910. The highest BCUT2D eigenvalue weighted by atomic mass is 32.2. The van der Waals surface area contributed by atoms with Crippen LogP contribution in [0.5, 0.6) is 0 Å². The van der Waals surface area contributed by atoms with E-state index in [1.54, 1.807) is 0 Å². The predicted molar refractivity (Wildman–Crippen MR) is 94.4 cm³/mol. The maximum atomic E-state index is 10.6. The second kappa shape index (κ2) is 6.14. The van der Waals surface area contributed by atoms with Gasteiger partial charge in [-0.15, -0.1) is 5.10 Å². The predicted octanol–water partition coefficient (Wildman–Crippen LogP) is 3.40. The third kappa shape index (κ3) is 3.03. The van der Waals surface area contributed by atoms with E-state index in [1.807, 2.05) is 31.4 Å². The first-order valence-electron chi connectivity index (χ1n) is 7.53. The van der Waals surface area contributed by atoms with Crippen molar-refractivity contribution in [1.82, 2.24) is 19.7 Å². The van der Waals surface area contributed by atoms with Crippen molar-refractivity contribution < 1.29 is 14.3 Å². The number of carboxylic acids is 1. The lowest BCUT2D eigenvalue weighted by molar-refractivity contribution is -0.133. The standard InChI is InChI=1S/C17H14N4O3S/c1-21-7-6-10-2-3-11(8-12(10)21)13-4-5-14(24-13)16-18-17(20-19-16)25-9-15(22)23/h2-8H,9H2,1H3,(H,22,23)(H,18,19,20). The van der Waals surface area contributed by atoms with Gasteiger partial charge in [-0.05, 0) is 29.7 Å². The number of carboxylic acid groups (broad SMARTS) is 1.